The topological polar surface area (TPSA) is 55.3 Å². The third-order valence-electron chi connectivity index (χ3n) is 2.37. The Morgan fingerprint density at radius 3 is 2.93 bits per heavy atom. The summed E-state index contributed by atoms with van der Waals surface area (Å²) in [5, 5.41) is 0. The second-order valence-electron chi connectivity index (χ2n) is 3.48. The molecule has 1 aromatic heterocycles. The van der Waals surface area contributed by atoms with Gasteiger partial charge in [-0.05, 0) is 18.9 Å². The van der Waals surface area contributed by atoms with Crippen LogP contribution in [0.3, 0.4) is 0 Å². The number of hydrogen-bond donors (Lipinski definition) is 0. The van der Waals surface area contributed by atoms with Crippen LogP contribution in [0.1, 0.15) is 23.3 Å². The number of nitrogens with zero attached hydrogens (tertiary/aromatic N) is 3. The Morgan fingerprint density at radius 1 is 1.47 bits per heavy atom. The van der Waals surface area contributed by atoms with Crippen molar-refractivity contribution in [2.45, 2.75) is 12.8 Å². The highest BCUT2D eigenvalue weighted by Gasteiger charge is 2.14. The zero-order chi connectivity index (χ0) is 10.5. The maximum absolute atomic E-state index is 11.5. The van der Waals surface area contributed by atoms with E-state index in [0.29, 0.717) is 12.4 Å². The second kappa shape index (κ2) is 4.84. The molecule has 0 aromatic carbocycles. The molecule has 0 N–H and O–H groups in total. The quantitative estimate of drug-likeness (QED) is 0.682. The lowest BCUT2D eigenvalue weighted by Crippen LogP contribution is -2.25. The van der Waals surface area contributed by atoms with E-state index < -0.39 is 0 Å². The minimum atomic E-state index is -0.385. The van der Waals surface area contributed by atoms with Gasteiger partial charge in [0, 0.05) is 19.3 Å². The molecule has 1 aliphatic heterocycles. The van der Waals surface area contributed by atoms with Crippen LogP contribution in [0, 0.1) is 0 Å². The molecule has 80 valence electrons. The zero-order valence-corrected chi connectivity index (χ0v) is 8.43. The zero-order valence-electron chi connectivity index (χ0n) is 8.43. The van der Waals surface area contributed by atoms with Gasteiger partial charge in [-0.3, -0.25) is 4.90 Å². The number of ether oxygens (including phenoxy) is 1. The maximum Gasteiger partial charge on any atom is 0.358 e. The van der Waals surface area contributed by atoms with Gasteiger partial charge in [-0.1, -0.05) is 0 Å². The van der Waals surface area contributed by atoms with Crippen LogP contribution in [-0.4, -0.2) is 40.7 Å². The summed E-state index contributed by atoms with van der Waals surface area (Å²) in [5.41, 5.74) is 0.309. The summed E-state index contributed by atoms with van der Waals surface area (Å²) in [7, 11) is 0. The van der Waals surface area contributed by atoms with Gasteiger partial charge in [-0.25, -0.2) is 14.8 Å². The van der Waals surface area contributed by atoms with Gasteiger partial charge >= 0.3 is 5.97 Å². The molecule has 1 saturated heterocycles. The van der Waals surface area contributed by atoms with Gasteiger partial charge in [0.2, 0.25) is 0 Å². The Bertz CT molecular complexity index is 323. The molecule has 2 rings (SSSR count). The van der Waals surface area contributed by atoms with Crippen molar-refractivity contribution >= 4 is 5.97 Å². The van der Waals surface area contributed by atoms with Crippen molar-refractivity contribution < 1.29 is 9.53 Å². The molecule has 2 heterocycles. The second-order valence-corrected chi connectivity index (χ2v) is 3.48. The van der Waals surface area contributed by atoms with Crippen molar-refractivity contribution in [1.82, 2.24) is 14.9 Å². The smallest absolute Gasteiger partial charge is 0.358 e. The lowest BCUT2D eigenvalue weighted by Gasteiger charge is -2.13. The van der Waals surface area contributed by atoms with Crippen LogP contribution >= 0.6 is 0 Å². The van der Waals surface area contributed by atoms with E-state index in [4.69, 9.17) is 4.74 Å². The van der Waals surface area contributed by atoms with Crippen LogP contribution in [0.2, 0.25) is 0 Å². The Hall–Kier alpha value is -1.49. The van der Waals surface area contributed by atoms with E-state index in [-0.39, 0.29) is 5.97 Å². The van der Waals surface area contributed by atoms with Gasteiger partial charge in [0.15, 0.2) is 5.69 Å². The molecule has 1 fully saturated rings. The summed E-state index contributed by atoms with van der Waals surface area (Å²) in [6.45, 7) is 2.39. The Balaban J connectivity index is 1.82. The minimum absolute atomic E-state index is 0.309. The standard InChI is InChI=1S/C10H13N3O2/c14-10(9-3-4-11-7-12-9)15-8-13-5-1-2-6-13/h3-4,7H,1-2,5-6,8H2. The number of rotatable bonds is 3. The van der Waals surface area contributed by atoms with Crippen molar-refractivity contribution in [3.63, 3.8) is 0 Å². The molecule has 1 aliphatic rings. The van der Waals surface area contributed by atoms with Crippen LogP contribution < -0.4 is 0 Å². The van der Waals surface area contributed by atoms with Gasteiger partial charge in [0.1, 0.15) is 13.1 Å². The van der Waals surface area contributed by atoms with Gasteiger partial charge in [0.05, 0.1) is 0 Å². The van der Waals surface area contributed by atoms with Crippen LogP contribution in [0.15, 0.2) is 18.6 Å². The summed E-state index contributed by atoms with van der Waals surface area (Å²) in [6.07, 6.45) is 5.24. The third kappa shape index (κ3) is 2.73. The van der Waals surface area contributed by atoms with Gasteiger partial charge in [-0.15, -0.1) is 0 Å². The molecule has 0 radical (unpaired) electrons. The predicted octanol–water partition coefficient (Wildman–Crippen LogP) is 0.687. The van der Waals surface area contributed by atoms with Crippen LogP contribution in [0.4, 0.5) is 0 Å². The molecule has 0 bridgehead atoms. The minimum Gasteiger partial charge on any atom is -0.445 e. The van der Waals surface area contributed by atoms with Crippen molar-refractivity contribution in [3.8, 4) is 0 Å². The van der Waals surface area contributed by atoms with Crippen LogP contribution in [-0.2, 0) is 4.74 Å². The Kier molecular flexibility index (Phi) is 3.24. The monoisotopic (exact) mass is 207 g/mol. The molecule has 1 aromatic rings. The number of likely N-dealkylation sites (tertiary alicyclic amines) is 1. The number of carbonyl (C=O) groups excluding carboxylic acids is 1. The number of esters is 1. The molecular weight excluding hydrogens is 194 g/mol. The van der Waals surface area contributed by atoms with Crippen molar-refractivity contribution in [1.29, 1.82) is 0 Å². The van der Waals surface area contributed by atoms with Gasteiger partial charge in [0.25, 0.3) is 0 Å². The van der Waals surface area contributed by atoms with Crippen LogP contribution in [0.5, 0.6) is 0 Å². The first-order chi connectivity index (χ1) is 7.36. The van der Waals surface area contributed by atoms with E-state index >= 15 is 0 Å². The molecule has 0 saturated carbocycles. The summed E-state index contributed by atoms with van der Waals surface area (Å²) < 4.78 is 5.11. The first-order valence-electron chi connectivity index (χ1n) is 5.02. The lowest BCUT2D eigenvalue weighted by molar-refractivity contribution is 0.0263. The van der Waals surface area contributed by atoms with Gasteiger partial charge < -0.3 is 4.74 Å². The van der Waals surface area contributed by atoms with Gasteiger partial charge in [-0.2, -0.15) is 0 Å². The molecule has 0 unspecified atom stereocenters. The highest BCUT2D eigenvalue weighted by Crippen LogP contribution is 2.07. The summed E-state index contributed by atoms with van der Waals surface area (Å²) >= 11 is 0. The summed E-state index contributed by atoms with van der Waals surface area (Å²) in [4.78, 5) is 21.1. The molecule has 0 aliphatic carbocycles. The van der Waals surface area contributed by atoms with Crippen LogP contribution in [0.25, 0.3) is 0 Å². The van der Waals surface area contributed by atoms with E-state index in [9.17, 15) is 4.79 Å². The molecule has 0 amide bonds. The molecule has 15 heavy (non-hydrogen) atoms. The first kappa shape index (κ1) is 10.0. The predicted molar refractivity (Wildman–Crippen MR) is 53.1 cm³/mol. The normalized spacial score (nSPS) is 16.5. The van der Waals surface area contributed by atoms with E-state index in [1.54, 1.807) is 6.07 Å². The number of hydrogen-bond acceptors (Lipinski definition) is 5. The fourth-order valence-electron chi connectivity index (χ4n) is 1.55. The average molecular weight is 207 g/mol. The molecule has 5 heteroatoms. The summed E-state index contributed by atoms with van der Waals surface area (Å²) in [5.74, 6) is -0.385. The van der Waals surface area contributed by atoms with Crippen molar-refractivity contribution in [3.05, 3.63) is 24.3 Å². The fraction of sp³-hybridized carbons (Fsp3) is 0.500. The van der Waals surface area contributed by atoms with Crippen molar-refractivity contribution in [2.24, 2.45) is 0 Å². The van der Waals surface area contributed by atoms with E-state index in [1.165, 1.54) is 25.4 Å². The first-order valence-corrected chi connectivity index (χ1v) is 5.02. The number of aromatic nitrogens is 2. The van der Waals surface area contributed by atoms with E-state index in [2.05, 4.69) is 14.9 Å². The third-order valence-corrected chi connectivity index (χ3v) is 2.37. The molecule has 0 atom stereocenters. The molecule has 0 spiro atoms. The molecular formula is C10H13N3O2. The Morgan fingerprint density at radius 2 is 2.27 bits per heavy atom. The lowest BCUT2D eigenvalue weighted by atomic mass is 10.4. The number of carbonyl (C=O) groups is 1. The SMILES string of the molecule is O=C(OCN1CCCC1)c1ccncn1. The van der Waals surface area contributed by atoms with E-state index in [0.717, 1.165) is 13.1 Å². The molecule has 5 nitrogen and oxygen atoms in total. The summed E-state index contributed by atoms with van der Waals surface area (Å²) in [6, 6.07) is 1.55. The van der Waals surface area contributed by atoms with E-state index in [1.807, 2.05) is 0 Å². The van der Waals surface area contributed by atoms with Crippen molar-refractivity contribution in [2.75, 3.05) is 19.8 Å². The average Bonchev–Trinajstić information content (AvgIpc) is 2.80. The fourth-order valence-corrected chi connectivity index (χ4v) is 1.55. The maximum atomic E-state index is 11.5. The Labute approximate surface area is 88.1 Å². The highest BCUT2D eigenvalue weighted by atomic mass is 16.5. The largest absolute Gasteiger partial charge is 0.445 e. The highest BCUT2D eigenvalue weighted by molar-refractivity contribution is 5.86.